The minimum absolute atomic E-state index is 0.0581. The molecule has 0 aliphatic heterocycles. The van der Waals surface area contributed by atoms with Crippen molar-refractivity contribution in [1.82, 2.24) is 4.90 Å². The molecular formula is C19H22F3NO3. The van der Waals surface area contributed by atoms with Crippen molar-refractivity contribution in [3.8, 4) is 5.75 Å². The van der Waals surface area contributed by atoms with Crippen LogP contribution >= 0.6 is 0 Å². The van der Waals surface area contributed by atoms with Crippen LogP contribution in [-0.4, -0.2) is 53.2 Å². The van der Waals surface area contributed by atoms with Crippen LogP contribution in [-0.2, 0) is 6.54 Å². The van der Waals surface area contributed by atoms with Crippen LogP contribution in [0.4, 0.5) is 13.2 Å². The highest BCUT2D eigenvalue weighted by Crippen LogP contribution is 2.21. The fourth-order valence-corrected chi connectivity index (χ4v) is 2.45. The first-order valence-electron chi connectivity index (χ1n) is 8.21. The molecule has 2 atom stereocenters. The molecule has 26 heavy (non-hydrogen) atoms. The predicted octanol–water partition coefficient (Wildman–Crippen LogP) is 2.85. The van der Waals surface area contributed by atoms with Crippen molar-refractivity contribution < 1.29 is 28.1 Å². The van der Waals surface area contributed by atoms with Crippen LogP contribution in [0.3, 0.4) is 0 Å². The maximum absolute atomic E-state index is 12.7. The summed E-state index contributed by atoms with van der Waals surface area (Å²) in [5.41, 5.74) is 0.790. The monoisotopic (exact) mass is 369 g/mol. The summed E-state index contributed by atoms with van der Waals surface area (Å²) < 4.78 is 43.5. The lowest BCUT2D eigenvalue weighted by Crippen LogP contribution is -2.44. The van der Waals surface area contributed by atoms with E-state index >= 15 is 0 Å². The molecule has 0 heterocycles. The van der Waals surface area contributed by atoms with Crippen LogP contribution in [0.5, 0.6) is 5.75 Å². The SMILES string of the molecule is OC(COc1ccccc1)CN(Cc1ccccc1)CC(O)C(F)(F)F. The highest BCUT2D eigenvalue weighted by Gasteiger charge is 2.39. The highest BCUT2D eigenvalue weighted by molar-refractivity contribution is 5.21. The van der Waals surface area contributed by atoms with E-state index in [0.717, 1.165) is 5.56 Å². The number of aliphatic hydroxyl groups is 2. The zero-order chi connectivity index (χ0) is 19.0. The summed E-state index contributed by atoms with van der Waals surface area (Å²) >= 11 is 0. The molecule has 2 N–H and O–H groups in total. The number of hydrogen-bond donors (Lipinski definition) is 2. The fraction of sp³-hybridized carbons (Fsp3) is 0.368. The Morgan fingerprint density at radius 3 is 2.04 bits per heavy atom. The second-order valence-electron chi connectivity index (χ2n) is 6.01. The van der Waals surface area contributed by atoms with Gasteiger partial charge in [0.15, 0.2) is 6.10 Å². The van der Waals surface area contributed by atoms with Crippen molar-refractivity contribution in [3.63, 3.8) is 0 Å². The molecule has 0 saturated heterocycles. The minimum atomic E-state index is -4.71. The third kappa shape index (κ3) is 7.03. The van der Waals surface area contributed by atoms with Gasteiger partial charge in [0.2, 0.25) is 0 Å². The van der Waals surface area contributed by atoms with E-state index in [4.69, 9.17) is 4.74 Å². The number of halogens is 3. The molecule has 4 nitrogen and oxygen atoms in total. The van der Waals surface area contributed by atoms with Gasteiger partial charge in [-0.2, -0.15) is 13.2 Å². The van der Waals surface area contributed by atoms with Gasteiger partial charge >= 0.3 is 6.18 Å². The van der Waals surface area contributed by atoms with Crippen molar-refractivity contribution in [3.05, 3.63) is 66.2 Å². The first-order valence-corrected chi connectivity index (χ1v) is 8.21. The number of aliphatic hydroxyl groups excluding tert-OH is 2. The Hall–Kier alpha value is -2.09. The third-order valence-corrected chi connectivity index (χ3v) is 3.71. The van der Waals surface area contributed by atoms with E-state index in [9.17, 15) is 23.4 Å². The van der Waals surface area contributed by atoms with Crippen LogP contribution in [0.1, 0.15) is 5.56 Å². The van der Waals surface area contributed by atoms with Gasteiger partial charge in [0.25, 0.3) is 0 Å². The quantitative estimate of drug-likeness (QED) is 0.714. The Kier molecular flexibility index (Phi) is 7.44. The van der Waals surface area contributed by atoms with E-state index in [1.54, 1.807) is 54.6 Å². The van der Waals surface area contributed by atoms with Crippen molar-refractivity contribution in [2.75, 3.05) is 19.7 Å². The molecule has 0 radical (unpaired) electrons. The standard InChI is InChI=1S/C19H22F3NO3/c20-19(21,22)18(25)13-23(11-15-7-3-1-4-8-15)12-16(24)14-26-17-9-5-2-6-10-17/h1-10,16,18,24-25H,11-14H2. The molecule has 0 aliphatic rings. The van der Waals surface area contributed by atoms with E-state index in [2.05, 4.69) is 0 Å². The number of para-hydroxylation sites is 1. The molecule has 142 valence electrons. The number of hydrogen-bond acceptors (Lipinski definition) is 4. The number of nitrogens with zero attached hydrogens (tertiary/aromatic N) is 1. The Bertz CT molecular complexity index is 637. The van der Waals surface area contributed by atoms with Gasteiger partial charge in [-0.3, -0.25) is 4.90 Å². The van der Waals surface area contributed by atoms with Crippen molar-refractivity contribution in [2.24, 2.45) is 0 Å². The molecule has 2 aromatic carbocycles. The third-order valence-electron chi connectivity index (χ3n) is 3.71. The molecule has 0 aromatic heterocycles. The largest absolute Gasteiger partial charge is 0.491 e. The van der Waals surface area contributed by atoms with E-state index in [1.165, 1.54) is 4.90 Å². The summed E-state index contributed by atoms with van der Waals surface area (Å²) in [6.45, 7) is -0.566. The van der Waals surface area contributed by atoms with Crippen LogP contribution in [0.2, 0.25) is 0 Å². The van der Waals surface area contributed by atoms with E-state index in [0.29, 0.717) is 5.75 Å². The molecule has 0 fully saturated rings. The molecular weight excluding hydrogens is 347 g/mol. The van der Waals surface area contributed by atoms with Crippen LogP contribution in [0.25, 0.3) is 0 Å². The average Bonchev–Trinajstić information content (AvgIpc) is 2.61. The molecule has 0 spiro atoms. The summed E-state index contributed by atoms with van der Waals surface area (Å²) in [6, 6.07) is 17.8. The predicted molar refractivity (Wildman–Crippen MR) is 91.7 cm³/mol. The summed E-state index contributed by atoms with van der Waals surface area (Å²) in [6.07, 6.45) is -8.19. The molecule has 2 rings (SSSR count). The molecule has 7 heteroatoms. The van der Waals surface area contributed by atoms with Crippen molar-refractivity contribution in [2.45, 2.75) is 24.9 Å². The normalized spacial score (nSPS) is 14.2. The van der Waals surface area contributed by atoms with Gasteiger partial charge in [0.05, 0.1) is 0 Å². The second kappa shape index (κ2) is 9.56. The maximum Gasteiger partial charge on any atom is 0.415 e. The van der Waals surface area contributed by atoms with Crippen LogP contribution < -0.4 is 4.74 Å². The highest BCUT2D eigenvalue weighted by atomic mass is 19.4. The lowest BCUT2D eigenvalue weighted by Gasteiger charge is -2.28. The molecule has 2 aromatic rings. The zero-order valence-corrected chi connectivity index (χ0v) is 14.1. The fourth-order valence-electron chi connectivity index (χ4n) is 2.45. The first kappa shape index (κ1) is 20.2. The van der Waals surface area contributed by atoms with Gasteiger partial charge in [-0.25, -0.2) is 0 Å². The zero-order valence-electron chi connectivity index (χ0n) is 14.1. The van der Waals surface area contributed by atoms with Crippen molar-refractivity contribution >= 4 is 0 Å². The van der Waals surface area contributed by atoms with E-state index < -0.39 is 24.9 Å². The summed E-state index contributed by atoms with van der Waals surface area (Å²) in [5.74, 6) is 0.566. The van der Waals surface area contributed by atoms with E-state index in [-0.39, 0.29) is 19.7 Å². The molecule has 0 aliphatic carbocycles. The second-order valence-corrected chi connectivity index (χ2v) is 6.01. The summed E-state index contributed by atoms with van der Waals surface area (Å²) in [4.78, 5) is 1.37. The van der Waals surface area contributed by atoms with Gasteiger partial charge in [-0.05, 0) is 17.7 Å². The Balaban J connectivity index is 1.95. The van der Waals surface area contributed by atoms with Gasteiger partial charge in [0.1, 0.15) is 18.5 Å². The molecule has 0 saturated carbocycles. The number of benzene rings is 2. The first-order chi connectivity index (χ1) is 12.3. The van der Waals surface area contributed by atoms with Gasteiger partial charge < -0.3 is 14.9 Å². The summed E-state index contributed by atoms with van der Waals surface area (Å²) in [7, 11) is 0. The lowest BCUT2D eigenvalue weighted by molar-refractivity contribution is -0.209. The van der Waals surface area contributed by atoms with E-state index in [1.807, 2.05) is 6.07 Å². The topological polar surface area (TPSA) is 52.9 Å². The Labute approximate surface area is 150 Å². The maximum atomic E-state index is 12.7. The Morgan fingerprint density at radius 1 is 0.885 bits per heavy atom. The van der Waals surface area contributed by atoms with Gasteiger partial charge in [-0.1, -0.05) is 48.5 Å². The minimum Gasteiger partial charge on any atom is -0.491 e. The molecule has 0 bridgehead atoms. The number of alkyl halides is 3. The lowest BCUT2D eigenvalue weighted by atomic mass is 10.2. The van der Waals surface area contributed by atoms with Gasteiger partial charge in [0, 0.05) is 19.6 Å². The summed E-state index contributed by atoms with van der Waals surface area (Å²) in [5, 5.41) is 19.5. The smallest absolute Gasteiger partial charge is 0.415 e. The van der Waals surface area contributed by atoms with Gasteiger partial charge in [-0.15, -0.1) is 0 Å². The van der Waals surface area contributed by atoms with Crippen LogP contribution in [0.15, 0.2) is 60.7 Å². The van der Waals surface area contributed by atoms with Crippen LogP contribution in [0, 0.1) is 0 Å². The Morgan fingerprint density at radius 2 is 1.46 bits per heavy atom. The molecule has 0 amide bonds. The molecule has 2 unspecified atom stereocenters. The number of rotatable bonds is 9. The number of ether oxygens (including phenoxy) is 1. The van der Waals surface area contributed by atoms with Crippen molar-refractivity contribution in [1.29, 1.82) is 0 Å². The average molecular weight is 369 g/mol.